The number of nitrogens with zero attached hydrogens (tertiary/aromatic N) is 2. The van der Waals surface area contributed by atoms with Gasteiger partial charge in [-0.1, -0.05) is 37.1 Å². The van der Waals surface area contributed by atoms with Crippen LogP contribution < -0.4 is 0 Å². The monoisotopic (exact) mass is 248 g/mol. The van der Waals surface area contributed by atoms with Gasteiger partial charge in [0, 0.05) is 11.1 Å². The van der Waals surface area contributed by atoms with Gasteiger partial charge >= 0.3 is 0 Å². The van der Waals surface area contributed by atoms with Crippen molar-refractivity contribution in [3.63, 3.8) is 0 Å². The van der Waals surface area contributed by atoms with Crippen LogP contribution in [-0.2, 0) is 19.3 Å². The van der Waals surface area contributed by atoms with E-state index in [2.05, 4.69) is 30.2 Å². The molecule has 4 heteroatoms. The van der Waals surface area contributed by atoms with Crippen molar-refractivity contribution in [1.82, 2.24) is 0 Å². The molecule has 1 aromatic rings. The van der Waals surface area contributed by atoms with Crippen molar-refractivity contribution in [2.45, 2.75) is 40.0 Å². The Bertz CT molecular complexity index is 427. The summed E-state index contributed by atoms with van der Waals surface area (Å²) in [5.41, 5.74) is 5.21. The number of oxime groups is 2. The third kappa shape index (κ3) is 2.70. The highest BCUT2D eigenvalue weighted by Crippen LogP contribution is 2.23. The summed E-state index contributed by atoms with van der Waals surface area (Å²) < 4.78 is 0. The zero-order valence-corrected chi connectivity index (χ0v) is 11.1. The Morgan fingerprint density at radius 1 is 0.889 bits per heavy atom. The van der Waals surface area contributed by atoms with Gasteiger partial charge in [0.15, 0.2) is 0 Å². The minimum atomic E-state index is 0.795. The predicted octanol–water partition coefficient (Wildman–Crippen LogP) is 2.99. The Labute approximate surface area is 108 Å². The second kappa shape index (κ2) is 6.79. The lowest BCUT2D eigenvalue weighted by Crippen LogP contribution is -2.07. The standard InChI is InChI=1S/C14H20N2O2/c1-4-10-7-11(5-2)14(9-16-18)12(6-3)13(10)8-15-17/h7-9,17-18H,4-6H2,1-3H3/b15-8-,16-9-. The molecular weight excluding hydrogens is 228 g/mol. The normalized spacial score (nSPS) is 11.7. The highest BCUT2D eigenvalue weighted by Gasteiger charge is 2.13. The van der Waals surface area contributed by atoms with Crippen LogP contribution in [0.5, 0.6) is 0 Å². The van der Waals surface area contributed by atoms with Crippen LogP contribution in [0.4, 0.5) is 0 Å². The van der Waals surface area contributed by atoms with E-state index in [1.807, 2.05) is 6.92 Å². The fourth-order valence-corrected chi connectivity index (χ4v) is 2.30. The minimum absolute atomic E-state index is 0.795. The van der Waals surface area contributed by atoms with E-state index in [1.54, 1.807) is 0 Å². The molecule has 0 aliphatic carbocycles. The summed E-state index contributed by atoms with van der Waals surface area (Å²) in [7, 11) is 0. The summed E-state index contributed by atoms with van der Waals surface area (Å²) in [5.74, 6) is 0. The van der Waals surface area contributed by atoms with Gasteiger partial charge in [-0.25, -0.2) is 0 Å². The zero-order valence-electron chi connectivity index (χ0n) is 11.1. The van der Waals surface area contributed by atoms with Crippen molar-refractivity contribution >= 4 is 12.4 Å². The van der Waals surface area contributed by atoms with Gasteiger partial charge < -0.3 is 10.4 Å². The summed E-state index contributed by atoms with van der Waals surface area (Å²) in [6.45, 7) is 6.18. The molecule has 0 amide bonds. The van der Waals surface area contributed by atoms with E-state index in [0.717, 1.165) is 47.1 Å². The van der Waals surface area contributed by atoms with E-state index < -0.39 is 0 Å². The fourth-order valence-electron chi connectivity index (χ4n) is 2.30. The van der Waals surface area contributed by atoms with Gasteiger partial charge in [-0.15, -0.1) is 0 Å². The maximum Gasteiger partial charge on any atom is 0.0739 e. The minimum Gasteiger partial charge on any atom is -0.411 e. The van der Waals surface area contributed by atoms with Crippen LogP contribution in [0.15, 0.2) is 16.4 Å². The summed E-state index contributed by atoms with van der Waals surface area (Å²) >= 11 is 0. The van der Waals surface area contributed by atoms with E-state index in [9.17, 15) is 0 Å². The largest absolute Gasteiger partial charge is 0.411 e. The number of rotatable bonds is 5. The molecule has 4 nitrogen and oxygen atoms in total. The second-order valence-corrected chi connectivity index (χ2v) is 4.05. The Morgan fingerprint density at radius 2 is 1.33 bits per heavy atom. The van der Waals surface area contributed by atoms with Crippen LogP contribution in [0, 0.1) is 0 Å². The number of aryl methyl sites for hydroxylation is 2. The number of hydrogen-bond donors (Lipinski definition) is 2. The van der Waals surface area contributed by atoms with Crippen LogP contribution in [0.1, 0.15) is 48.6 Å². The predicted molar refractivity (Wildman–Crippen MR) is 73.3 cm³/mol. The topological polar surface area (TPSA) is 65.2 Å². The van der Waals surface area contributed by atoms with Gasteiger partial charge in [0.1, 0.15) is 0 Å². The summed E-state index contributed by atoms with van der Waals surface area (Å²) in [4.78, 5) is 0. The molecule has 0 saturated carbocycles. The van der Waals surface area contributed by atoms with Crippen molar-refractivity contribution in [2.75, 3.05) is 0 Å². The third-order valence-electron chi connectivity index (χ3n) is 3.18. The van der Waals surface area contributed by atoms with Gasteiger partial charge in [-0.3, -0.25) is 0 Å². The smallest absolute Gasteiger partial charge is 0.0739 e. The number of benzene rings is 1. The Balaban J connectivity index is 3.63. The third-order valence-corrected chi connectivity index (χ3v) is 3.18. The first-order valence-corrected chi connectivity index (χ1v) is 6.25. The fraction of sp³-hybridized carbons (Fsp3) is 0.429. The van der Waals surface area contributed by atoms with Crippen LogP contribution in [-0.4, -0.2) is 22.8 Å². The highest BCUT2D eigenvalue weighted by molar-refractivity contribution is 5.92. The summed E-state index contributed by atoms with van der Waals surface area (Å²) in [6, 6.07) is 2.09. The molecule has 0 atom stereocenters. The molecule has 0 bridgehead atoms. The van der Waals surface area contributed by atoms with E-state index in [1.165, 1.54) is 12.4 Å². The van der Waals surface area contributed by atoms with E-state index in [-0.39, 0.29) is 0 Å². The molecule has 0 spiro atoms. The average Bonchev–Trinajstić information content (AvgIpc) is 2.40. The Kier molecular flexibility index (Phi) is 5.36. The lowest BCUT2D eigenvalue weighted by atomic mass is 9.89. The maximum absolute atomic E-state index is 8.79. The molecule has 0 saturated heterocycles. The molecular formula is C14H20N2O2. The van der Waals surface area contributed by atoms with E-state index >= 15 is 0 Å². The molecule has 1 rings (SSSR count). The second-order valence-electron chi connectivity index (χ2n) is 4.05. The first-order valence-electron chi connectivity index (χ1n) is 6.25. The van der Waals surface area contributed by atoms with Crippen molar-refractivity contribution in [2.24, 2.45) is 10.3 Å². The lowest BCUT2D eigenvalue weighted by molar-refractivity contribution is 0.321. The van der Waals surface area contributed by atoms with Gasteiger partial charge in [-0.2, -0.15) is 0 Å². The average molecular weight is 248 g/mol. The van der Waals surface area contributed by atoms with Gasteiger partial charge in [0.25, 0.3) is 0 Å². The van der Waals surface area contributed by atoms with Gasteiger partial charge in [0.05, 0.1) is 12.4 Å². The quantitative estimate of drug-likeness (QED) is 0.478. The van der Waals surface area contributed by atoms with Crippen LogP contribution in [0.3, 0.4) is 0 Å². The Morgan fingerprint density at radius 3 is 1.61 bits per heavy atom. The summed E-state index contributed by atoms with van der Waals surface area (Å²) in [5, 5.41) is 23.9. The molecule has 18 heavy (non-hydrogen) atoms. The van der Waals surface area contributed by atoms with Crippen molar-refractivity contribution in [3.8, 4) is 0 Å². The molecule has 1 aromatic carbocycles. The van der Waals surface area contributed by atoms with Crippen molar-refractivity contribution < 1.29 is 10.4 Å². The molecule has 0 aliphatic heterocycles. The molecule has 98 valence electrons. The SMILES string of the molecule is CCc1cc(CC)c(/C=N\O)c(CC)c1/C=N\O. The van der Waals surface area contributed by atoms with Crippen molar-refractivity contribution in [1.29, 1.82) is 0 Å². The van der Waals surface area contributed by atoms with E-state index in [4.69, 9.17) is 10.4 Å². The van der Waals surface area contributed by atoms with Crippen LogP contribution in [0.25, 0.3) is 0 Å². The van der Waals surface area contributed by atoms with Crippen molar-refractivity contribution in [3.05, 3.63) is 33.9 Å². The molecule has 0 aliphatic rings. The van der Waals surface area contributed by atoms with Crippen LogP contribution >= 0.6 is 0 Å². The zero-order chi connectivity index (χ0) is 13.5. The first kappa shape index (κ1) is 14.2. The molecule has 0 unspecified atom stereocenters. The first-order chi connectivity index (χ1) is 8.73. The lowest BCUT2D eigenvalue weighted by Gasteiger charge is -2.16. The molecule has 0 radical (unpaired) electrons. The Hall–Kier alpha value is -1.84. The number of hydrogen-bond acceptors (Lipinski definition) is 4. The van der Waals surface area contributed by atoms with Crippen LogP contribution in [0.2, 0.25) is 0 Å². The van der Waals surface area contributed by atoms with Gasteiger partial charge in [0.2, 0.25) is 0 Å². The van der Waals surface area contributed by atoms with E-state index in [0.29, 0.717) is 0 Å². The molecule has 0 aromatic heterocycles. The molecule has 0 fully saturated rings. The maximum atomic E-state index is 8.79. The molecule has 0 heterocycles. The van der Waals surface area contributed by atoms with Gasteiger partial charge in [-0.05, 0) is 36.0 Å². The summed E-state index contributed by atoms with van der Waals surface area (Å²) in [6.07, 6.45) is 5.47. The highest BCUT2D eigenvalue weighted by atomic mass is 16.4. The molecule has 2 N–H and O–H groups in total.